The van der Waals surface area contributed by atoms with E-state index < -0.39 is 18.0 Å². The van der Waals surface area contributed by atoms with E-state index in [4.69, 9.17) is 0 Å². The Bertz CT molecular complexity index is 880. The van der Waals surface area contributed by atoms with E-state index in [0.717, 1.165) is 23.6 Å². The number of carbonyl (C=O) groups excluding carboxylic acids is 1. The van der Waals surface area contributed by atoms with Gasteiger partial charge in [-0.05, 0) is 13.3 Å². The van der Waals surface area contributed by atoms with Crippen molar-refractivity contribution in [2.24, 2.45) is 18.9 Å². The average molecular weight is 486 g/mol. The smallest absolute Gasteiger partial charge is 0.353 e. The lowest BCUT2D eigenvalue weighted by Crippen LogP contribution is -3.00. The number of aromatic nitrogens is 1. The molecule has 1 aromatic heterocycles. The summed E-state index contributed by atoms with van der Waals surface area (Å²) in [6.07, 6.45) is 4.27. The van der Waals surface area contributed by atoms with Gasteiger partial charge in [0.15, 0.2) is 12.4 Å². The number of rotatable bonds is 7. The molecule has 0 aromatic carbocycles. The van der Waals surface area contributed by atoms with Crippen LogP contribution in [0, 0.1) is 11.8 Å². The average Bonchev–Trinajstić information content (AvgIpc) is 3.23. The summed E-state index contributed by atoms with van der Waals surface area (Å²) >= 11 is 3.42. The Morgan fingerprint density at radius 3 is 2.68 bits per heavy atom. The molecule has 0 spiro atoms. The molecule has 10 heteroatoms. The maximum Gasteiger partial charge on any atom is 0.353 e. The number of β-lactam (4-membered cyclic amide) rings is 1. The van der Waals surface area contributed by atoms with Crippen LogP contribution in [0.5, 0.6) is 0 Å². The Morgan fingerprint density at radius 1 is 1.39 bits per heavy atom. The predicted octanol–water partition coefficient (Wildman–Crippen LogP) is -1.78. The Balaban J connectivity index is 0.00000272. The van der Waals surface area contributed by atoms with E-state index in [1.807, 2.05) is 42.7 Å². The number of hydrogen-bond acceptors (Lipinski definition) is 6. The van der Waals surface area contributed by atoms with Crippen LogP contribution >= 0.6 is 23.5 Å². The van der Waals surface area contributed by atoms with Crippen LogP contribution in [0.15, 0.2) is 40.0 Å². The molecule has 31 heavy (non-hydrogen) atoms. The Morgan fingerprint density at radius 2 is 2.06 bits per heavy atom. The Kier molecular flexibility index (Phi) is 7.63. The number of halogens is 1. The van der Waals surface area contributed by atoms with Crippen LogP contribution in [0.2, 0.25) is 0 Å². The number of pyridine rings is 1. The second-order valence-electron chi connectivity index (χ2n) is 8.36. The molecular formula is C21H28ClN3O4S2. The van der Waals surface area contributed by atoms with Crippen molar-refractivity contribution in [2.45, 2.75) is 48.6 Å². The number of carbonyl (C=O) groups is 2. The molecule has 170 valence electrons. The zero-order valence-corrected chi connectivity index (χ0v) is 20.1. The van der Waals surface area contributed by atoms with Crippen molar-refractivity contribution in [1.82, 2.24) is 10.2 Å². The van der Waals surface area contributed by atoms with Crippen LogP contribution in [0.4, 0.5) is 0 Å². The predicted molar refractivity (Wildman–Crippen MR) is 116 cm³/mol. The first kappa shape index (κ1) is 24.4. The van der Waals surface area contributed by atoms with Gasteiger partial charge in [-0.15, -0.1) is 23.5 Å². The third-order valence-corrected chi connectivity index (χ3v) is 8.87. The minimum Gasteiger partial charge on any atom is -1.00 e. The standard InChI is InChI=1S/C21H27N3O4S2.ClH/c1-11-17-16(12(2)25)20(26)24(17)18(21(27)28)19(11)30-15-8-13(22-9-15)10-29-14-4-6-23(3)7-5-14;/h4-7,11-13,15-17,22,25H,8-10H2,1-3H3;1H/t11-,12-,13+,15+,16-,17-;/m1./s1. The largest absolute Gasteiger partial charge is 1.00 e. The number of aliphatic carboxylic acids is 1. The minimum atomic E-state index is -1.06. The van der Waals surface area contributed by atoms with Crippen molar-refractivity contribution in [1.29, 1.82) is 0 Å². The van der Waals surface area contributed by atoms with Crippen molar-refractivity contribution in [2.75, 3.05) is 12.3 Å². The number of amides is 1. The Labute approximate surface area is 197 Å². The molecule has 4 heterocycles. The second-order valence-corrected chi connectivity index (χ2v) is 10.8. The molecule has 0 unspecified atom stereocenters. The lowest BCUT2D eigenvalue weighted by Gasteiger charge is -2.46. The summed E-state index contributed by atoms with van der Waals surface area (Å²) in [5.41, 5.74) is 0.120. The van der Waals surface area contributed by atoms with Crippen LogP contribution in [-0.2, 0) is 16.6 Å². The van der Waals surface area contributed by atoms with Crippen LogP contribution in [-0.4, -0.2) is 62.7 Å². The minimum absolute atomic E-state index is 0. The SMILES string of the molecule is C[C@@H](O)[C@H]1C(=O)N2C(C(=O)O)=C(S[C@@H]3CN[C@H](CSc4cc[n+](C)cc4)C3)[C@H](C)[C@H]12.[Cl-]. The van der Waals surface area contributed by atoms with Gasteiger partial charge in [0, 0.05) is 51.4 Å². The molecule has 3 N–H and O–H groups in total. The van der Waals surface area contributed by atoms with Crippen LogP contribution in [0.3, 0.4) is 0 Å². The highest BCUT2D eigenvalue weighted by Crippen LogP contribution is 2.51. The van der Waals surface area contributed by atoms with Crippen LogP contribution in [0.25, 0.3) is 0 Å². The molecule has 6 atom stereocenters. The van der Waals surface area contributed by atoms with Gasteiger partial charge in [-0.2, -0.15) is 0 Å². The number of nitrogens with one attached hydrogen (secondary N) is 1. The molecule has 4 rings (SSSR count). The van der Waals surface area contributed by atoms with E-state index in [-0.39, 0.29) is 41.2 Å². The number of fused-ring (bicyclic) bond motifs is 1. The summed E-state index contributed by atoms with van der Waals surface area (Å²) in [7, 11) is 2.00. The van der Waals surface area contributed by atoms with Gasteiger partial charge in [0.25, 0.3) is 0 Å². The van der Waals surface area contributed by atoms with Crippen LogP contribution < -0.4 is 22.3 Å². The molecule has 3 aliphatic rings. The first-order valence-corrected chi connectivity index (χ1v) is 12.1. The molecular weight excluding hydrogens is 458 g/mol. The molecule has 0 bridgehead atoms. The van der Waals surface area contributed by atoms with Crippen molar-refractivity contribution >= 4 is 35.4 Å². The van der Waals surface area contributed by atoms with E-state index in [9.17, 15) is 19.8 Å². The Hall–Kier alpha value is -1.26. The van der Waals surface area contributed by atoms with Gasteiger partial charge in [-0.1, -0.05) is 6.92 Å². The molecule has 1 amide bonds. The summed E-state index contributed by atoms with van der Waals surface area (Å²) in [5, 5.41) is 23.6. The zero-order valence-electron chi connectivity index (χ0n) is 17.7. The number of aryl methyl sites for hydroxylation is 1. The third kappa shape index (κ3) is 4.61. The number of nitrogens with zero attached hydrogens (tertiary/aromatic N) is 2. The highest BCUT2D eigenvalue weighted by Gasteiger charge is 2.60. The maximum atomic E-state index is 12.5. The van der Waals surface area contributed by atoms with Crippen molar-refractivity contribution in [3.8, 4) is 0 Å². The van der Waals surface area contributed by atoms with Crippen LogP contribution in [0.1, 0.15) is 20.3 Å². The van der Waals surface area contributed by atoms with Gasteiger partial charge in [0.05, 0.1) is 18.1 Å². The lowest BCUT2D eigenvalue weighted by molar-refractivity contribution is -0.671. The summed E-state index contributed by atoms with van der Waals surface area (Å²) in [6.45, 7) is 4.40. The van der Waals surface area contributed by atoms with Gasteiger partial charge in [-0.25, -0.2) is 9.36 Å². The highest BCUT2D eigenvalue weighted by molar-refractivity contribution is 8.03. The van der Waals surface area contributed by atoms with Gasteiger partial charge in [0.1, 0.15) is 12.7 Å². The molecule has 0 saturated carbocycles. The van der Waals surface area contributed by atoms with Gasteiger partial charge < -0.3 is 32.8 Å². The molecule has 1 aromatic rings. The lowest BCUT2D eigenvalue weighted by atomic mass is 9.79. The van der Waals surface area contributed by atoms with Gasteiger partial charge >= 0.3 is 5.97 Å². The number of carboxylic acid groups (broad SMARTS) is 1. The summed E-state index contributed by atoms with van der Waals surface area (Å²) < 4.78 is 2.01. The summed E-state index contributed by atoms with van der Waals surface area (Å²) in [4.78, 5) is 27.8. The number of aliphatic hydroxyl groups excluding tert-OH is 1. The highest BCUT2D eigenvalue weighted by atomic mass is 35.5. The van der Waals surface area contributed by atoms with Crippen molar-refractivity contribution in [3.63, 3.8) is 0 Å². The monoisotopic (exact) mass is 485 g/mol. The second kappa shape index (κ2) is 9.70. The fraction of sp³-hybridized carbons (Fsp3) is 0.571. The van der Waals surface area contributed by atoms with E-state index in [1.54, 1.807) is 18.7 Å². The fourth-order valence-electron chi connectivity index (χ4n) is 4.64. The molecule has 3 aliphatic heterocycles. The van der Waals surface area contributed by atoms with Crippen molar-refractivity contribution in [3.05, 3.63) is 35.1 Å². The number of carboxylic acids is 1. The fourth-order valence-corrected chi connectivity index (χ4v) is 7.12. The first-order chi connectivity index (χ1) is 14.3. The van der Waals surface area contributed by atoms with Gasteiger partial charge in [0.2, 0.25) is 5.91 Å². The quantitative estimate of drug-likeness (QED) is 0.239. The number of hydrogen-bond donors (Lipinski definition) is 3. The normalized spacial score (nSPS) is 30.6. The van der Waals surface area contributed by atoms with E-state index >= 15 is 0 Å². The number of aliphatic hydroxyl groups is 1. The zero-order chi connectivity index (χ0) is 21.6. The van der Waals surface area contributed by atoms with E-state index in [2.05, 4.69) is 17.4 Å². The molecule has 2 fully saturated rings. The number of thioether (sulfide) groups is 2. The van der Waals surface area contributed by atoms with Gasteiger partial charge in [-0.3, -0.25) is 4.79 Å². The topological polar surface area (TPSA) is 93.8 Å². The summed E-state index contributed by atoms with van der Waals surface area (Å²) in [6, 6.07) is 4.34. The molecule has 0 aliphatic carbocycles. The first-order valence-electron chi connectivity index (χ1n) is 10.2. The molecule has 2 saturated heterocycles. The van der Waals surface area contributed by atoms with E-state index in [1.165, 1.54) is 9.80 Å². The molecule has 0 radical (unpaired) electrons. The summed E-state index contributed by atoms with van der Waals surface area (Å²) in [5.74, 6) is -0.949. The van der Waals surface area contributed by atoms with Crippen molar-refractivity contribution < 1.29 is 36.8 Å². The third-order valence-electron chi connectivity index (χ3n) is 6.19. The maximum absolute atomic E-state index is 12.5. The van der Waals surface area contributed by atoms with E-state index in [0.29, 0.717) is 6.04 Å². The molecule has 7 nitrogen and oxygen atoms in total.